The number of halogens is 1. The van der Waals surface area contributed by atoms with Crippen molar-refractivity contribution in [1.82, 2.24) is 0 Å². The number of carbonyl (C=O) groups is 1. The van der Waals surface area contributed by atoms with Crippen molar-refractivity contribution >= 4 is 33.1 Å². The summed E-state index contributed by atoms with van der Waals surface area (Å²) in [5, 5.41) is 0.360. The van der Waals surface area contributed by atoms with Gasteiger partial charge in [-0.2, -0.15) is 0 Å². The summed E-state index contributed by atoms with van der Waals surface area (Å²) in [5.41, 5.74) is 1.81. The summed E-state index contributed by atoms with van der Waals surface area (Å²) in [5.74, 6) is -0.0313. The Kier molecular flexibility index (Phi) is 3.70. The second-order valence-corrected chi connectivity index (χ2v) is 7.53. The SMILES string of the molecule is Cc1ccc2c(c1)C(=O)CCN2S(=O)(=O)c1cccc(Cl)c1. The van der Waals surface area contributed by atoms with E-state index in [2.05, 4.69) is 0 Å². The first-order valence-corrected chi connectivity index (χ1v) is 8.63. The monoisotopic (exact) mass is 335 g/mol. The molecule has 6 heteroatoms. The fraction of sp³-hybridized carbons (Fsp3) is 0.188. The molecule has 4 nitrogen and oxygen atoms in total. The zero-order chi connectivity index (χ0) is 15.9. The number of carbonyl (C=O) groups excluding carboxylic acids is 1. The summed E-state index contributed by atoms with van der Waals surface area (Å²) in [4.78, 5) is 12.2. The van der Waals surface area contributed by atoms with E-state index in [1.165, 1.54) is 16.4 Å². The molecule has 1 heterocycles. The van der Waals surface area contributed by atoms with Crippen LogP contribution in [0.5, 0.6) is 0 Å². The van der Waals surface area contributed by atoms with Crippen LogP contribution >= 0.6 is 11.6 Å². The van der Waals surface area contributed by atoms with Gasteiger partial charge in [-0.1, -0.05) is 29.3 Å². The first-order valence-electron chi connectivity index (χ1n) is 6.82. The number of nitrogens with zero attached hydrogens (tertiary/aromatic N) is 1. The van der Waals surface area contributed by atoms with Gasteiger partial charge in [0.1, 0.15) is 0 Å². The first-order chi connectivity index (χ1) is 10.4. The van der Waals surface area contributed by atoms with E-state index in [1.54, 1.807) is 30.3 Å². The number of Topliss-reactive ketones (excluding diaryl/α,β-unsaturated/α-hetero) is 1. The van der Waals surface area contributed by atoms with Crippen LogP contribution in [0.4, 0.5) is 5.69 Å². The van der Waals surface area contributed by atoms with Crippen molar-refractivity contribution in [3.05, 3.63) is 58.6 Å². The Bertz CT molecular complexity index is 861. The molecule has 0 bridgehead atoms. The van der Waals surface area contributed by atoms with Crippen LogP contribution in [0.3, 0.4) is 0 Å². The normalized spacial score (nSPS) is 14.8. The first kappa shape index (κ1) is 15.1. The van der Waals surface area contributed by atoms with Crippen LogP contribution in [0.15, 0.2) is 47.4 Å². The summed E-state index contributed by atoms with van der Waals surface area (Å²) < 4.78 is 27.0. The second-order valence-electron chi connectivity index (χ2n) is 5.23. The fourth-order valence-electron chi connectivity index (χ4n) is 2.55. The lowest BCUT2D eigenvalue weighted by Crippen LogP contribution is -2.37. The molecule has 22 heavy (non-hydrogen) atoms. The van der Waals surface area contributed by atoms with Crippen molar-refractivity contribution in [3.63, 3.8) is 0 Å². The van der Waals surface area contributed by atoms with Gasteiger partial charge in [0.25, 0.3) is 10.0 Å². The standard InChI is InChI=1S/C16H14ClNO3S/c1-11-5-6-15-14(9-11)16(19)7-8-18(15)22(20,21)13-4-2-3-12(17)10-13/h2-6,9-10H,7-8H2,1H3. The van der Waals surface area contributed by atoms with Crippen molar-refractivity contribution in [2.24, 2.45) is 0 Å². The van der Waals surface area contributed by atoms with Crippen LogP contribution in [-0.4, -0.2) is 20.7 Å². The van der Waals surface area contributed by atoms with Crippen molar-refractivity contribution < 1.29 is 13.2 Å². The number of aryl methyl sites for hydroxylation is 1. The molecule has 1 aliphatic rings. The van der Waals surface area contributed by atoms with Crippen LogP contribution < -0.4 is 4.31 Å². The van der Waals surface area contributed by atoms with Crippen LogP contribution in [0.25, 0.3) is 0 Å². The lowest BCUT2D eigenvalue weighted by Gasteiger charge is -2.30. The number of benzene rings is 2. The topological polar surface area (TPSA) is 54.5 Å². The number of rotatable bonds is 2. The highest BCUT2D eigenvalue weighted by Crippen LogP contribution is 2.33. The van der Waals surface area contributed by atoms with Crippen molar-refractivity contribution in [2.45, 2.75) is 18.2 Å². The molecule has 0 unspecified atom stereocenters. The molecule has 114 valence electrons. The Labute approximate surface area is 134 Å². The highest BCUT2D eigenvalue weighted by molar-refractivity contribution is 7.92. The van der Waals surface area contributed by atoms with Gasteiger partial charge >= 0.3 is 0 Å². The van der Waals surface area contributed by atoms with E-state index in [9.17, 15) is 13.2 Å². The predicted octanol–water partition coefficient (Wildman–Crippen LogP) is 3.43. The van der Waals surface area contributed by atoms with Crippen molar-refractivity contribution in [1.29, 1.82) is 0 Å². The molecule has 0 atom stereocenters. The van der Waals surface area contributed by atoms with Gasteiger partial charge in [0.15, 0.2) is 5.78 Å². The zero-order valence-electron chi connectivity index (χ0n) is 11.9. The maximum absolute atomic E-state index is 12.8. The third kappa shape index (κ3) is 2.51. The van der Waals surface area contributed by atoms with E-state index in [4.69, 9.17) is 11.6 Å². The minimum absolute atomic E-state index is 0.0313. The van der Waals surface area contributed by atoms with Crippen LogP contribution in [0, 0.1) is 6.92 Å². The number of ketones is 1. The predicted molar refractivity (Wildman–Crippen MR) is 86.1 cm³/mol. The summed E-state index contributed by atoms with van der Waals surface area (Å²) >= 11 is 5.90. The molecule has 0 aromatic heterocycles. The van der Waals surface area contributed by atoms with Gasteiger partial charge in [0.2, 0.25) is 0 Å². The molecule has 2 aromatic rings. The lowest BCUT2D eigenvalue weighted by molar-refractivity contribution is 0.0982. The molecule has 0 amide bonds. The van der Waals surface area contributed by atoms with E-state index >= 15 is 0 Å². The van der Waals surface area contributed by atoms with E-state index in [1.807, 2.05) is 6.92 Å². The molecule has 0 saturated carbocycles. The van der Waals surface area contributed by atoms with Gasteiger partial charge in [-0.25, -0.2) is 8.42 Å². The number of hydrogen-bond donors (Lipinski definition) is 0. The van der Waals surface area contributed by atoms with Gasteiger partial charge in [-0.15, -0.1) is 0 Å². The maximum atomic E-state index is 12.8. The van der Waals surface area contributed by atoms with Gasteiger partial charge in [-0.05, 0) is 37.3 Å². The third-order valence-electron chi connectivity index (χ3n) is 3.65. The Morgan fingerprint density at radius 1 is 1.14 bits per heavy atom. The van der Waals surface area contributed by atoms with Crippen molar-refractivity contribution in [2.75, 3.05) is 10.8 Å². The fourth-order valence-corrected chi connectivity index (χ4v) is 4.34. The zero-order valence-corrected chi connectivity index (χ0v) is 13.5. The smallest absolute Gasteiger partial charge is 0.264 e. The molecule has 1 aliphatic heterocycles. The molecule has 0 fully saturated rings. The molecular formula is C16H14ClNO3S. The van der Waals surface area contributed by atoms with E-state index in [0.717, 1.165) is 5.56 Å². The number of fused-ring (bicyclic) bond motifs is 1. The van der Waals surface area contributed by atoms with E-state index in [0.29, 0.717) is 16.3 Å². The Balaban J connectivity index is 2.14. The average Bonchev–Trinajstić information content (AvgIpc) is 2.48. The van der Waals surface area contributed by atoms with Gasteiger partial charge in [-0.3, -0.25) is 9.10 Å². The summed E-state index contributed by atoms with van der Waals surface area (Å²) in [6.45, 7) is 2.02. The molecule has 0 N–H and O–H groups in total. The van der Waals surface area contributed by atoms with Crippen LogP contribution in [0.2, 0.25) is 5.02 Å². The maximum Gasteiger partial charge on any atom is 0.264 e. The quantitative estimate of drug-likeness (QED) is 0.844. The van der Waals surface area contributed by atoms with Gasteiger partial charge in [0.05, 0.1) is 10.6 Å². The molecule has 2 aromatic carbocycles. The average molecular weight is 336 g/mol. The van der Waals surface area contributed by atoms with Gasteiger partial charge < -0.3 is 0 Å². The van der Waals surface area contributed by atoms with Crippen LogP contribution in [-0.2, 0) is 10.0 Å². The minimum Gasteiger partial charge on any atom is -0.294 e. The Morgan fingerprint density at radius 2 is 1.91 bits per heavy atom. The summed E-state index contributed by atoms with van der Waals surface area (Å²) in [7, 11) is -3.74. The largest absolute Gasteiger partial charge is 0.294 e. The molecular weight excluding hydrogens is 322 g/mol. The summed E-state index contributed by atoms with van der Waals surface area (Å²) in [6, 6.07) is 11.4. The third-order valence-corrected chi connectivity index (χ3v) is 5.69. The minimum atomic E-state index is -3.74. The molecule has 0 saturated heterocycles. The number of anilines is 1. The molecule has 3 rings (SSSR count). The Morgan fingerprint density at radius 3 is 2.64 bits per heavy atom. The highest BCUT2D eigenvalue weighted by atomic mass is 35.5. The molecule has 0 spiro atoms. The highest BCUT2D eigenvalue weighted by Gasteiger charge is 2.32. The summed E-state index contributed by atoms with van der Waals surface area (Å²) in [6.07, 6.45) is 0.177. The second kappa shape index (κ2) is 5.41. The van der Waals surface area contributed by atoms with Crippen molar-refractivity contribution in [3.8, 4) is 0 Å². The molecule has 0 aliphatic carbocycles. The number of hydrogen-bond acceptors (Lipinski definition) is 3. The van der Waals surface area contributed by atoms with Gasteiger partial charge in [0, 0.05) is 23.6 Å². The Hall–Kier alpha value is -1.85. The van der Waals surface area contributed by atoms with E-state index in [-0.39, 0.29) is 23.6 Å². The lowest BCUT2D eigenvalue weighted by atomic mass is 10.0. The van der Waals surface area contributed by atoms with E-state index < -0.39 is 10.0 Å². The molecule has 0 radical (unpaired) electrons. The number of sulfonamides is 1. The van der Waals surface area contributed by atoms with Crippen LogP contribution in [0.1, 0.15) is 22.3 Å².